The van der Waals surface area contributed by atoms with Crippen molar-refractivity contribution in [3.05, 3.63) is 48.3 Å². The number of aldehydes is 1. The quantitative estimate of drug-likeness (QED) is 0.771. The van der Waals surface area contributed by atoms with Crippen molar-refractivity contribution in [2.24, 2.45) is 0 Å². The molecule has 18 heavy (non-hydrogen) atoms. The number of hydrogen-bond acceptors (Lipinski definition) is 2. The Morgan fingerprint density at radius 1 is 1.00 bits per heavy atom. The minimum atomic E-state index is 0.688. The molecule has 3 nitrogen and oxygen atoms in total. The first-order valence-corrected chi connectivity index (χ1v) is 6.36. The molecule has 0 unspecified atom stereocenters. The molecule has 2 heterocycles. The molecule has 3 rings (SSSR count). The Bertz CT molecular complexity index is 553. The lowest BCUT2D eigenvalue weighted by Crippen LogP contribution is -2.17. The largest absolute Gasteiger partial charge is 0.371 e. The SMILES string of the molecule is O=Cc1cccn1-c1cccc(N2CCCC2)c1. The van der Waals surface area contributed by atoms with Crippen LogP contribution in [0.25, 0.3) is 5.69 Å². The van der Waals surface area contributed by atoms with Crippen molar-refractivity contribution in [1.29, 1.82) is 0 Å². The number of nitrogens with zero attached hydrogens (tertiary/aromatic N) is 2. The highest BCUT2D eigenvalue weighted by molar-refractivity contribution is 5.74. The van der Waals surface area contributed by atoms with Crippen molar-refractivity contribution in [3.8, 4) is 5.69 Å². The number of benzene rings is 1. The van der Waals surface area contributed by atoms with Crippen LogP contribution in [0.5, 0.6) is 0 Å². The van der Waals surface area contributed by atoms with Gasteiger partial charge in [0.2, 0.25) is 0 Å². The molecule has 1 aromatic heterocycles. The van der Waals surface area contributed by atoms with Crippen LogP contribution < -0.4 is 4.90 Å². The van der Waals surface area contributed by atoms with Gasteiger partial charge in [-0.2, -0.15) is 0 Å². The van der Waals surface area contributed by atoms with Crippen LogP contribution in [0, 0.1) is 0 Å². The van der Waals surface area contributed by atoms with E-state index in [9.17, 15) is 4.79 Å². The van der Waals surface area contributed by atoms with Gasteiger partial charge in [-0.15, -0.1) is 0 Å². The second-order valence-corrected chi connectivity index (χ2v) is 4.63. The zero-order chi connectivity index (χ0) is 12.4. The number of carbonyl (C=O) groups is 1. The Balaban J connectivity index is 1.97. The van der Waals surface area contributed by atoms with Gasteiger partial charge in [0.05, 0.1) is 5.69 Å². The summed E-state index contributed by atoms with van der Waals surface area (Å²) in [6.07, 6.45) is 5.36. The summed E-state index contributed by atoms with van der Waals surface area (Å²) in [5, 5.41) is 0. The fraction of sp³-hybridized carbons (Fsp3) is 0.267. The molecule has 0 radical (unpaired) electrons. The Hall–Kier alpha value is -2.03. The molecule has 0 amide bonds. The molecule has 1 aliphatic heterocycles. The maximum absolute atomic E-state index is 11.0. The Kier molecular flexibility index (Phi) is 2.89. The molecular weight excluding hydrogens is 224 g/mol. The first-order valence-electron chi connectivity index (χ1n) is 6.36. The van der Waals surface area contributed by atoms with E-state index in [0.717, 1.165) is 25.1 Å². The summed E-state index contributed by atoms with van der Waals surface area (Å²) in [5.74, 6) is 0. The minimum Gasteiger partial charge on any atom is -0.371 e. The number of rotatable bonds is 3. The van der Waals surface area contributed by atoms with E-state index in [1.807, 2.05) is 29.0 Å². The van der Waals surface area contributed by atoms with E-state index in [1.165, 1.54) is 18.5 Å². The number of anilines is 1. The van der Waals surface area contributed by atoms with Crippen LogP contribution in [0.4, 0.5) is 5.69 Å². The zero-order valence-electron chi connectivity index (χ0n) is 10.2. The molecule has 3 heteroatoms. The van der Waals surface area contributed by atoms with E-state index in [0.29, 0.717) is 5.69 Å². The monoisotopic (exact) mass is 240 g/mol. The zero-order valence-corrected chi connectivity index (χ0v) is 10.2. The molecule has 1 saturated heterocycles. The topological polar surface area (TPSA) is 25.2 Å². The molecule has 0 saturated carbocycles. The molecule has 1 aliphatic rings. The second kappa shape index (κ2) is 4.69. The summed E-state index contributed by atoms with van der Waals surface area (Å²) in [6.45, 7) is 2.27. The second-order valence-electron chi connectivity index (χ2n) is 4.63. The molecule has 92 valence electrons. The van der Waals surface area contributed by atoms with Gasteiger partial charge >= 0.3 is 0 Å². The van der Waals surface area contributed by atoms with Gasteiger partial charge in [-0.3, -0.25) is 4.79 Å². The van der Waals surface area contributed by atoms with E-state index in [4.69, 9.17) is 0 Å². The molecular formula is C15H16N2O. The lowest BCUT2D eigenvalue weighted by Gasteiger charge is -2.18. The molecule has 0 bridgehead atoms. The van der Waals surface area contributed by atoms with Gasteiger partial charge in [-0.25, -0.2) is 0 Å². The molecule has 2 aromatic rings. The van der Waals surface area contributed by atoms with Crippen molar-refractivity contribution in [3.63, 3.8) is 0 Å². The molecule has 1 fully saturated rings. The number of hydrogen-bond donors (Lipinski definition) is 0. The maximum atomic E-state index is 11.0. The van der Waals surface area contributed by atoms with Crippen LogP contribution >= 0.6 is 0 Å². The summed E-state index contributed by atoms with van der Waals surface area (Å²) in [4.78, 5) is 13.4. The average molecular weight is 240 g/mol. The van der Waals surface area contributed by atoms with Gasteiger partial charge in [0.15, 0.2) is 6.29 Å². The Morgan fingerprint density at radius 2 is 1.78 bits per heavy atom. The van der Waals surface area contributed by atoms with E-state index in [1.54, 1.807) is 0 Å². The summed E-state index contributed by atoms with van der Waals surface area (Å²) >= 11 is 0. The van der Waals surface area contributed by atoms with E-state index in [2.05, 4.69) is 23.1 Å². The van der Waals surface area contributed by atoms with Gasteiger partial charge in [0, 0.05) is 30.7 Å². The van der Waals surface area contributed by atoms with Gasteiger partial charge < -0.3 is 9.47 Å². The Labute approximate surface area is 107 Å². The van der Waals surface area contributed by atoms with Crippen LogP contribution in [0.15, 0.2) is 42.6 Å². The molecule has 0 spiro atoms. The van der Waals surface area contributed by atoms with E-state index in [-0.39, 0.29) is 0 Å². The van der Waals surface area contributed by atoms with Crippen LogP contribution in [-0.2, 0) is 0 Å². The van der Waals surface area contributed by atoms with Crippen molar-refractivity contribution >= 4 is 12.0 Å². The summed E-state index contributed by atoms with van der Waals surface area (Å²) < 4.78 is 1.92. The molecule has 1 aromatic carbocycles. The van der Waals surface area contributed by atoms with Crippen LogP contribution in [-0.4, -0.2) is 23.9 Å². The first-order chi connectivity index (χ1) is 8.88. The van der Waals surface area contributed by atoms with Gasteiger partial charge in [0.25, 0.3) is 0 Å². The van der Waals surface area contributed by atoms with Crippen LogP contribution in [0.2, 0.25) is 0 Å². The van der Waals surface area contributed by atoms with Crippen molar-refractivity contribution in [2.45, 2.75) is 12.8 Å². The van der Waals surface area contributed by atoms with E-state index < -0.39 is 0 Å². The highest BCUT2D eigenvalue weighted by atomic mass is 16.1. The standard InChI is InChI=1S/C15H16N2O/c18-12-15-7-4-10-17(15)14-6-3-5-13(11-14)16-8-1-2-9-16/h3-7,10-12H,1-2,8-9H2. The molecule has 0 atom stereocenters. The van der Waals surface area contributed by atoms with Gasteiger partial charge in [-0.1, -0.05) is 6.07 Å². The fourth-order valence-electron chi connectivity index (χ4n) is 2.54. The lowest BCUT2D eigenvalue weighted by atomic mass is 10.2. The van der Waals surface area contributed by atoms with Crippen molar-refractivity contribution in [1.82, 2.24) is 4.57 Å². The highest BCUT2D eigenvalue weighted by Gasteiger charge is 2.12. The summed E-state index contributed by atoms with van der Waals surface area (Å²) in [6, 6.07) is 12.1. The van der Waals surface area contributed by atoms with Crippen LogP contribution in [0.3, 0.4) is 0 Å². The van der Waals surface area contributed by atoms with Gasteiger partial charge in [-0.05, 0) is 43.2 Å². The number of carbonyl (C=O) groups excluding carboxylic acids is 1. The Morgan fingerprint density at radius 3 is 2.56 bits per heavy atom. The van der Waals surface area contributed by atoms with Crippen LogP contribution in [0.1, 0.15) is 23.3 Å². The van der Waals surface area contributed by atoms with E-state index >= 15 is 0 Å². The summed E-state index contributed by atoms with van der Waals surface area (Å²) in [5.41, 5.74) is 2.98. The maximum Gasteiger partial charge on any atom is 0.166 e. The average Bonchev–Trinajstić information content (AvgIpc) is 3.10. The fourth-order valence-corrected chi connectivity index (χ4v) is 2.54. The minimum absolute atomic E-state index is 0.688. The lowest BCUT2D eigenvalue weighted by molar-refractivity contribution is 0.111. The van der Waals surface area contributed by atoms with Crippen molar-refractivity contribution in [2.75, 3.05) is 18.0 Å². The highest BCUT2D eigenvalue weighted by Crippen LogP contribution is 2.23. The summed E-state index contributed by atoms with van der Waals surface area (Å²) in [7, 11) is 0. The van der Waals surface area contributed by atoms with Gasteiger partial charge in [0.1, 0.15) is 0 Å². The molecule has 0 aliphatic carbocycles. The number of aromatic nitrogens is 1. The normalized spacial score (nSPS) is 15.0. The van der Waals surface area contributed by atoms with Crippen molar-refractivity contribution < 1.29 is 4.79 Å². The third-order valence-corrected chi connectivity index (χ3v) is 3.48. The third kappa shape index (κ3) is 1.92. The predicted octanol–water partition coefficient (Wildman–Crippen LogP) is 2.89. The third-order valence-electron chi connectivity index (χ3n) is 3.48. The predicted molar refractivity (Wildman–Crippen MR) is 72.6 cm³/mol. The first kappa shape index (κ1) is 11.1. The smallest absolute Gasteiger partial charge is 0.166 e. The molecule has 0 N–H and O–H groups in total.